The summed E-state index contributed by atoms with van der Waals surface area (Å²) in [4.78, 5) is 24.6. The third-order valence-electron chi connectivity index (χ3n) is 6.67. The predicted molar refractivity (Wildman–Crippen MR) is 106 cm³/mol. The third kappa shape index (κ3) is 4.62. The number of ether oxygens (including phenoxy) is 1. The maximum absolute atomic E-state index is 13.0. The van der Waals surface area contributed by atoms with Crippen LogP contribution in [0.5, 0.6) is 0 Å². The lowest BCUT2D eigenvalue weighted by Crippen LogP contribution is -2.64. The quantitative estimate of drug-likeness (QED) is 0.574. The lowest BCUT2D eigenvalue weighted by atomic mass is 9.44. The molecule has 0 amide bonds. The molecular formula is C22H38O5. The number of esters is 1. The van der Waals surface area contributed by atoms with E-state index in [-0.39, 0.29) is 40.8 Å². The highest BCUT2D eigenvalue weighted by molar-refractivity contribution is 5.83. The van der Waals surface area contributed by atoms with Gasteiger partial charge in [-0.05, 0) is 36.5 Å². The number of hydrogen-bond acceptors (Lipinski definition) is 5. The van der Waals surface area contributed by atoms with Gasteiger partial charge in [-0.15, -0.1) is 13.2 Å². The van der Waals surface area contributed by atoms with Crippen molar-refractivity contribution in [3.8, 4) is 0 Å². The molecule has 2 unspecified atom stereocenters. The molecular weight excluding hydrogens is 344 g/mol. The van der Waals surface area contributed by atoms with Crippen LogP contribution in [0.1, 0.15) is 67.2 Å². The van der Waals surface area contributed by atoms with Crippen molar-refractivity contribution < 1.29 is 24.5 Å². The van der Waals surface area contributed by atoms with Crippen molar-refractivity contribution in [2.45, 2.75) is 85.5 Å². The molecule has 0 heterocycles. The number of aliphatic hydroxyl groups excluding tert-OH is 2. The van der Waals surface area contributed by atoms with E-state index in [1.165, 1.54) is 6.92 Å². The highest BCUT2D eigenvalue weighted by Gasteiger charge is 2.63. The Morgan fingerprint density at radius 3 is 2.26 bits per heavy atom. The van der Waals surface area contributed by atoms with Gasteiger partial charge in [-0.3, -0.25) is 9.59 Å². The SMILES string of the molecule is C=C.CC(=O)O[C@@H]1[C@H](C)C(C(=O)C[C@@H](C)O)[C@@]2(C)CCCC(C)(C)C2[C@@H]1O. The fourth-order valence-electron chi connectivity index (χ4n) is 6.07. The minimum atomic E-state index is -0.783. The summed E-state index contributed by atoms with van der Waals surface area (Å²) >= 11 is 0. The average molecular weight is 383 g/mol. The second-order valence-corrected chi connectivity index (χ2v) is 9.25. The molecule has 7 atom stereocenters. The summed E-state index contributed by atoms with van der Waals surface area (Å²) in [6, 6.07) is 0. The van der Waals surface area contributed by atoms with E-state index in [4.69, 9.17) is 4.74 Å². The molecule has 0 aromatic carbocycles. The Hall–Kier alpha value is -1.20. The van der Waals surface area contributed by atoms with E-state index < -0.39 is 24.3 Å². The summed E-state index contributed by atoms with van der Waals surface area (Å²) < 4.78 is 5.48. The lowest BCUT2D eigenvalue weighted by Gasteiger charge is -2.61. The number of hydrogen-bond donors (Lipinski definition) is 2. The third-order valence-corrected chi connectivity index (χ3v) is 6.67. The van der Waals surface area contributed by atoms with E-state index in [1.54, 1.807) is 6.92 Å². The standard InChI is InChI=1S/C20H34O5.C2H4/c1-11(21)10-14(23)15-12(2)17(25-13(3)22)16(24)18-19(4,5)8-7-9-20(15,18)6;1-2/h11-12,15-18,21,24H,7-10H2,1-6H3;1-2H2/t11-,12-,15?,16-,17-,18?,20-;/m1./s1. The molecule has 0 saturated heterocycles. The van der Waals surface area contributed by atoms with Crippen LogP contribution in [0.25, 0.3) is 0 Å². The zero-order valence-corrected chi connectivity index (χ0v) is 17.8. The minimum absolute atomic E-state index is 0.0109. The largest absolute Gasteiger partial charge is 0.459 e. The second kappa shape index (κ2) is 8.87. The number of Topliss-reactive ketones (excluding diaryl/α,β-unsaturated/α-hetero) is 1. The Morgan fingerprint density at radius 2 is 1.78 bits per heavy atom. The summed E-state index contributed by atoms with van der Waals surface area (Å²) in [5.74, 6) is -1.16. The number of fused-ring (bicyclic) bond motifs is 1. The van der Waals surface area contributed by atoms with Crippen LogP contribution >= 0.6 is 0 Å². The summed E-state index contributed by atoms with van der Waals surface area (Å²) in [5.41, 5.74) is -0.502. The summed E-state index contributed by atoms with van der Waals surface area (Å²) in [7, 11) is 0. The maximum Gasteiger partial charge on any atom is 0.303 e. The fraction of sp³-hybridized carbons (Fsp3) is 0.818. The predicted octanol–water partition coefficient (Wildman–Crippen LogP) is 3.52. The molecule has 2 saturated carbocycles. The smallest absolute Gasteiger partial charge is 0.303 e. The van der Waals surface area contributed by atoms with Crippen molar-refractivity contribution in [2.24, 2.45) is 28.6 Å². The molecule has 0 radical (unpaired) electrons. The Kier molecular flexibility index (Phi) is 7.83. The molecule has 5 nitrogen and oxygen atoms in total. The molecule has 5 heteroatoms. The van der Waals surface area contributed by atoms with Crippen LogP contribution in [0.4, 0.5) is 0 Å². The molecule has 0 bridgehead atoms. The van der Waals surface area contributed by atoms with Gasteiger partial charge in [0.05, 0.1) is 12.2 Å². The summed E-state index contributed by atoms with van der Waals surface area (Å²) in [5, 5.41) is 20.9. The molecule has 0 aromatic rings. The molecule has 156 valence electrons. The van der Waals surface area contributed by atoms with Gasteiger partial charge in [-0.25, -0.2) is 0 Å². The Bertz CT molecular complexity index is 541. The minimum Gasteiger partial charge on any atom is -0.459 e. The first-order valence-electron chi connectivity index (χ1n) is 9.98. The Balaban J connectivity index is 0.00000176. The number of carbonyl (C=O) groups is 2. The molecule has 27 heavy (non-hydrogen) atoms. The lowest BCUT2D eigenvalue weighted by molar-refractivity contribution is -0.218. The molecule has 2 aliphatic rings. The number of ketones is 1. The van der Waals surface area contributed by atoms with Crippen LogP contribution in [0, 0.1) is 28.6 Å². The van der Waals surface area contributed by atoms with Crippen LogP contribution in [0.15, 0.2) is 13.2 Å². The zero-order valence-electron chi connectivity index (χ0n) is 17.8. The fourth-order valence-corrected chi connectivity index (χ4v) is 6.07. The van der Waals surface area contributed by atoms with E-state index >= 15 is 0 Å². The van der Waals surface area contributed by atoms with Gasteiger partial charge in [-0.2, -0.15) is 0 Å². The van der Waals surface area contributed by atoms with Gasteiger partial charge in [0.2, 0.25) is 0 Å². The summed E-state index contributed by atoms with van der Waals surface area (Å²) in [6.45, 7) is 17.2. The Labute approximate surface area is 164 Å². The van der Waals surface area contributed by atoms with E-state index in [1.807, 2.05) is 6.92 Å². The van der Waals surface area contributed by atoms with Crippen LogP contribution in [0.2, 0.25) is 0 Å². The van der Waals surface area contributed by atoms with E-state index in [2.05, 4.69) is 33.9 Å². The molecule has 2 rings (SSSR count). The highest BCUT2D eigenvalue weighted by atomic mass is 16.6. The van der Waals surface area contributed by atoms with Gasteiger partial charge in [0.1, 0.15) is 11.9 Å². The summed E-state index contributed by atoms with van der Waals surface area (Å²) in [6.07, 6.45) is 0.786. The van der Waals surface area contributed by atoms with Gasteiger partial charge in [0, 0.05) is 25.2 Å². The number of carbonyl (C=O) groups excluding carboxylic acids is 2. The van der Waals surface area contributed by atoms with Gasteiger partial charge < -0.3 is 14.9 Å². The van der Waals surface area contributed by atoms with Gasteiger partial charge in [0.25, 0.3) is 0 Å². The number of aliphatic hydroxyl groups is 2. The van der Waals surface area contributed by atoms with Gasteiger partial charge in [-0.1, -0.05) is 34.1 Å². The molecule has 0 aromatic heterocycles. The van der Waals surface area contributed by atoms with Gasteiger partial charge >= 0.3 is 5.97 Å². The normalized spacial score (nSPS) is 38.6. The van der Waals surface area contributed by atoms with Crippen LogP contribution in [-0.4, -0.2) is 40.3 Å². The van der Waals surface area contributed by atoms with E-state index in [9.17, 15) is 19.8 Å². The molecule has 2 N–H and O–H groups in total. The van der Waals surface area contributed by atoms with Crippen LogP contribution in [-0.2, 0) is 14.3 Å². The maximum atomic E-state index is 13.0. The monoisotopic (exact) mass is 382 g/mol. The van der Waals surface area contributed by atoms with Gasteiger partial charge in [0.15, 0.2) is 0 Å². The van der Waals surface area contributed by atoms with Crippen LogP contribution in [0.3, 0.4) is 0 Å². The van der Waals surface area contributed by atoms with Crippen molar-refractivity contribution >= 4 is 11.8 Å². The van der Waals surface area contributed by atoms with Crippen LogP contribution < -0.4 is 0 Å². The van der Waals surface area contributed by atoms with Crippen molar-refractivity contribution in [2.75, 3.05) is 0 Å². The zero-order chi connectivity index (χ0) is 21.2. The highest BCUT2D eigenvalue weighted by Crippen LogP contribution is 2.61. The molecule has 0 aliphatic heterocycles. The number of rotatable bonds is 4. The second-order valence-electron chi connectivity index (χ2n) is 9.25. The average Bonchev–Trinajstić information content (AvgIpc) is 2.51. The van der Waals surface area contributed by atoms with Crippen molar-refractivity contribution in [1.82, 2.24) is 0 Å². The molecule has 2 aliphatic carbocycles. The van der Waals surface area contributed by atoms with Crippen molar-refractivity contribution in [3.05, 3.63) is 13.2 Å². The Morgan fingerprint density at radius 1 is 1.22 bits per heavy atom. The first-order chi connectivity index (χ1) is 12.4. The van der Waals surface area contributed by atoms with E-state index in [0.717, 1.165) is 19.3 Å². The molecule has 2 fully saturated rings. The van der Waals surface area contributed by atoms with Crippen molar-refractivity contribution in [3.63, 3.8) is 0 Å². The molecule has 0 spiro atoms. The van der Waals surface area contributed by atoms with E-state index in [0.29, 0.717) is 0 Å². The topological polar surface area (TPSA) is 83.8 Å². The first kappa shape index (κ1) is 23.8. The first-order valence-corrected chi connectivity index (χ1v) is 9.98. The van der Waals surface area contributed by atoms with Crippen molar-refractivity contribution in [1.29, 1.82) is 0 Å².